The first-order chi connectivity index (χ1) is 15.1. The highest BCUT2D eigenvalue weighted by Gasteiger charge is 2.27. The van der Waals surface area contributed by atoms with E-state index in [1.54, 1.807) is 16.5 Å². The summed E-state index contributed by atoms with van der Waals surface area (Å²) in [5.74, 6) is 0.397. The molecule has 31 heavy (non-hydrogen) atoms. The van der Waals surface area contributed by atoms with Crippen LogP contribution in [-0.2, 0) is 18.2 Å². The first-order valence-corrected chi connectivity index (χ1v) is 10.6. The number of Topliss-reactive ketones (excluding diaryl/α,β-unsaturated/α-hetero) is 1. The number of anilines is 1. The highest BCUT2D eigenvalue weighted by Crippen LogP contribution is 2.19. The first kappa shape index (κ1) is 19.7. The summed E-state index contributed by atoms with van der Waals surface area (Å²) in [5.41, 5.74) is 2.20. The van der Waals surface area contributed by atoms with E-state index in [1.807, 2.05) is 18.3 Å². The number of nitrogens with zero attached hydrogens (tertiary/aromatic N) is 7. The lowest BCUT2D eigenvalue weighted by Gasteiger charge is -2.26. The summed E-state index contributed by atoms with van der Waals surface area (Å²) < 4.78 is 8.54. The van der Waals surface area contributed by atoms with E-state index < -0.39 is 0 Å². The second-order valence-electron chi connectivity index (χ2n) is 7.98. The molecule has 0 N–H and O–H groups in total. The van der Waals surface area contributed by atoms with Crippen molar-refractivity contribution in [3.8, 4) is 0 Å². The molecule has 0 aliphatic carbocycles. The van der Waals surface area contributed by atoms with Crippen molar-refractivity contribution in [2.24, 2.45) is 7.05 Å². The molecule has 3 aromatic rings. The van der Waals surface area contributed by atoms with Crippen molar-refractivity contribution in [3.63, 3.8) is 0 Å². The van der Waals surface area contributed by atoms with Gasteiger partial charge in [0, 0.05) is 45.8 Å². The molecule has 0 bridgehead atoms. The maximum atomic E-state index is 13.1. The summed E-state index contributed by atoms with van der Waals surface area (Å²) in [5, 5.41) is 8.72. The number of ether oxygens (including phenoxy) is 1. The van der Waals surface area contributed by atoms with Crippen molar-refractivity contribution >= 4 is 23.3 Å². The molecule has 10 heteroatoms. The predicted molar refractivity (Wildman–Crippen MR) is 112 cm³/mol. The minimum atomic E-state index is -0.178. The largest absolute Gasteiger partial charge is 0.378 e. The Bertz CT molecular complexity index is 1120. The SMILES string of the molecule is Cn1ncc(C(=O)N2CCOCC2)c1C(=O)Cc1ccn2nc(N3CCCC3)nc2c1. The van der Waals surface area contributed by atoms with Crippen molar-refractivity contribution < 1.29 is 14.3 Å². The molecule has 1 amide bonds. The number of carbonyl (C=O) groups is 2. The number of fused-ring (bicyclic) bond motifs is 1. The summed E-state index contributed by atoms with van der Waals surface area (Å²) in [4.78, 5) is 34.6. The number of aryl methyl sites for hydroxylation is 1. The van der Waals surface area contributed by atoms with Gasteiger partial charge in [-0.15, -0.1) is 5.10 Å². The second kappa shape index (κ2) is 8.10. The van der Waals surface area contributed by atoms with Crippen molar-refractivity contribution in [2.45, 2.75) is 19.3 Å². The molecule has 0 aromatic carbocycles. The quantitative estimate of drug-likeness (QED) is 0.564. The molecule has 3 aromatic heterocycles. The van der Waals surface area contributed by atoms with Crippen molar-refractivity contribution in [3.05, 3.63) is 41.3 Å². The van der Waals surface area contributed by atoms with Gasteiger partial charge in [0.25, 0.3) is 5.91 Å². The number of carbonyl (C=O) groups excluding carboxylic acids is 2. The van der Waals surface area contributed by atoms with Gasteiger partial charge in [-0.25, -0.2) is 4.52 Å². The van der Waals surface area contributed by atoms with Crippen LogP contribution in [0.4, 0.5) is 5.95 Å². The molecule has 2 saturated heterocycles. The molecule has 0 atom stereocenters. The van der Waals surface area contributed by atoms with Crippen LogP contribution >= 0.6 is 0 Å². The number of pyridine rings is 1. The van der Waals surface area contributed by atoms with Gasteiger partial charge in [0.1, 0.15) is 5.69 Å². The Morgan fingerprint density at radius 3 is 2.68 bits per heavy atom. The Kier molecular flexibility index (Phi) is 5.14. The minimum absolute atomic E-state index is 0.153. The molecule has 0 radical (unpaired) electrons. The van der Waals surface area contributed by atoms with Crippen molar-refractivity contribution in [2.75, 3.05) is 44.3 Å². The molecular weight excluding hydrogens is 398 g/mol. The maximum Gasteiger partial charge on any atom is 0.257 e. The Morgan fingerprint density at radius 1 is 1.13 bits per heavy atom. The fraction of sp³-hybridized carbons (Fsp3) is 0.476. The fourth-order valence-electron chi connectivity index (χ4n) is 4.20. The zero-order valence-corrected chi connectivity index (χ0v) is 17.5. The number of morpholine rings is 1. The Hall–Kier alpha value is -3.27. The number of ketones is 1. The van der Waals surface area contributed by atoms with E-state index in [9.17, 15) is 9.59 Å². The summed E-state index contributed by atoms with van der Waals surface area (Å²) >= 11 is 0. The molecule has 2 aliphatic heterocycles. The van der Waals surface area contributed by atoms with Crippen LogP contribution in [0.2, 0.25) is 0 Å². The molecule has 2 fully saturated rings. The Labute approximate surface area is 179 Å². The van der Waals surface area contributed by atoms with Gasteiger partial charge in [0.05, 0.1) is 25.0 Å². The highest BCUT2D eigenvalue weighted by molar-refractivity contribution is 6.07. The third kappa shape index (κ3) is 3.78. The van der Waals surface area contributed by atoms with Gasteiger partial charge in [-0.3, -0.25) is 14.3 Å². The fourth-order valence-corrected chi connectivity index (χ4v) is 4.20. The van der Waals surface area contributed by atoms with Gasteiger partial charge >= 0.3 is 0 Å². The number of hydrogen-bond donors (Lipinski definition) is 0. The Balaban J connectivity index is 1.37. The zero-order chi connectivity index (χ0) is 21.4. The predicted octanol–water partition coefficient (Wildman–Crippen LogP) is 0.961. The third-order valence-electron chi connectivity index (χ3n) is 5.88. The molecule has 10 nitrogen and oxygen atoms in total. The van der Waals surface area contributed by atoms with Crippen LogP contribution in [-0.4, -0.2) is 80.4 Å². The second-order valence-corrected chi connectivity index (χ2v) is 7.98. The minimum Gasteiger partial charge on any atom is -0.378 e. The lowest BCUT2D eigenvalue weighted by molar-refractivity contribution is 0.0301. The van der Waals surface area contributed by atoms with Gasteiger partial charge in [0.2, 0.25) is 5.95 Å². The highest BCUT2D eigenvalue weighted by atomic mass is 16.5. The molecule has 162 valence electrons. The van der Waals surface area contributed by atoms with Crippen LogP contribution in [0.3, 0.4) is 0 Å². The number of aromatic nitrogens is 5. The van der Waals surface area contributed by atoms with E-state index in [2.05, 4.69) is 20.1 Å². The van der Waals surface area contributed by atoms with Gasteiger partial charge in [-0.1, -0.05) is 0 Å². The normalized spacial score (nSPS) is 16.9. The first-order valence-electron chi connectivity index (χ1n) is 10.6. The number of rotatable bonds is 5. The van der Waals surface area contributed by atoms with E-state index in [4.69, 9.17) is 4.74 Å². The molecule has 0 saturated carbocycles. The van der Waals surface area contributed by atoms with Crippen LogP contribution in [0.5, 0.6) is 0 Å². The van der Waals surface area contributed by atoms with Gasteiger partial charge in [-0.2, -0.15) is 10.1 Å². The van der Waals surface area contributed by atoms with Gasteiger partial charge in [-0.05, 0) is 30.5 Å². The van der Waals surface area contributed by atoms with Gasteiger partial charge < -0.3 is 14.5 Å². The molecule has 0 unspecified atom stereocenters. The number of hydrogen-bond acceptors (Lipinski definition) is 7. The molecule has 5 rings (SSSR count). The lowest BCUT2D eigenvalue weighted by Crippen LogP contribution is -2.41. The van der Waals surface area contributed by atoms with Crippen LogP contribution < -0.4 is 4.90 Å². The Morgan fingerprint density at radius 2 is 1.90 bits per heavy atom. The van der Waals surface area contributed by atoms with Gasteiger partial charge in [0.15, 0.2) is 11.4 Å². The average Bonchev–Trinajstić information content (AvgIpc) is 3.52. The monoisotopic (exact) mass is 423 g/mol. The van der Waals surface area contributed by atoms with E-state index >= 15 is 0 Å². The summed E-state index contributed by atoms with van der Waals surface area (Å²) in [6, 6.07) is 3.75. The topological polar surface area (TPSA) is 97.9 Å². The third-order valence-corrected chi connectivity index (χ3v) is 5.88. The van der Waals surface area contributed by atoms with E-state index in [-0.39, 0.29) is 18.1 Å². The molecule has 2 aliphatic rings. The summed E-state index contributed by atoms with van der Waals surface area (Å²) in [6.07, 6.45) is 5.78. The summed E-state index contributed by atoms with van der Waals surface area (Å²) in [6.45, 7) is 4.00. The molecule has 0 spiro atoms. The maximum absolute atomic E-state index is 13.1. The smallest absolute Gasteiger partial charge is 0.257 e. The van der Waals surface area contributed by atoms with Crippen LogP contribution in [0.15, 0.2) is 24.5 Å². The summed E-state index contributed by atoms with van der Waals surface area (Å²) in [7, 11) is 1.69. The average molecular weight is 423 g/mol. The van der Waals surface area contributed by atoms with Crippen LogP contribution in [0, 0.1) is 0 Å². The lowest BCUT2D eigenvalue weighted by atomic mass is 10.0. The standard InChI is InChI=1S/C21H25N7O3/c1-25-19(16(14-22-25)20(30)26-8-10-31-11-9-26)17(29)12-15-4-7-28-18(13-15)23-21(24-28)27-5-2-3-6-27/h4,7,13-14H,2-3,5-6,8-12H2,1H3. The molecular formula is C21H25N7O3. The zero-order valence-electron chi connectivity index (χ0n) is 17.5. The molecule has 5 heterocycles. The number of amides is 1. The van der Waals surface area contributed by atoms with Crippen LogP contribution in [0.1, 0.15) is 39.3 Å². The van der Waals surface area contributed by atoms with Crippen molar-refractivity contribution in [1.82, 2.24) is 29.3 Å². The van der Waals surface area contributed by atoms with Crippen molar-refractivity contribution in [1.29, 1.82) is 0 Å². The van der Waals surface area contributed by atoms with Crippen LogP contribution in [0.25, 0.3) is 5.65 Å². The van der Waals surface area contributed by atoms with E-state index in [0.29, 0.717) is 43.2 Å². The van der Waals surface area contributed by atoms with E-state index in [1.165, 1.54) is 10.9 Å². The van der Waals surface area contributed by atoms with E-state index in [0.717, 1.165) is 37.4 Å².